The zero-order chi connectivity index (χ0) is 20.2. The highest BCUT2D eigenvalue weighted by Gasteiger charge is 2.29. The molecule has 3 N–H and O–H groups in total. The number of piperazine rings is 1. The number of amides is 2. The Morgan fingerprint density at radius 2 is 1.89 bits per heavy atom. The van der Waals surface area contributed by atoms with Gasteiger partial charge in [0.05, 0.1) is 16.9 Å². The molecule has 148 valence electrons. The lowest BCUT2D eigenvalue weighted by Crippen LogP contribution is -2.49. The predicted octanol–water partition coefficient (Wildman–Crippen LogP) is 0.0378. The normalized spacial score (nSPS) is 15.9. The van der Waals surface area contributed by atoms with Crippen molar-refractivity contribution in [2.75, 3.05) is 26.2 Å². The van der Waals surface area contributed by atoms with Crippen molar-refractivity contribution < 1.29 is 27.9 Å². The van der Waals surface area contributed by atoms with E-state index in [1.807, 2.05) is 0 Å². The number of nitrogens with one attached hydrogen (secondary N) is 2. The van der Waals surface area contributed by atoms with E-state index in [1.54, 1.807) is 13.8 Å². The average Bonchev–Trinajstić information content (AvgIpc) is 2.61. The summed E-state index contributed by atoms with van der Waals surface area (Å²) in [7, 11) is -3.81. The van der Waals surface area contributed by atoms with Gasteiger partial charge in [-0.3, -0.25) is 14.4 Å². The fourth-order valence-corrected chi connectivity index (χ4v) is 3.84. The molecule has 0 aliphatic carbocycles. The van der Waals surface area contributed by atoms with Gasteiger partial charge in [-0.05, 0) is 44.5 Å². The van der Waals surface area contributed by atoms with E-state index < -0.39 is 27.3 Å². The summed E-state index contributed by atoms with van der Waals surface area (Å²) in [6.45, 7) is 3.54. The predicted molar refractivity (Wildman–Crippen MR) is 96.6 cm³/mol. The minimum absolute atomic E-state index is 0.000704. The first-order valence-corrected chi connectivity index (χ1v) is 9.86. The van der Waals surface area contributed by atoms with Gasteiger partial charge in [-0.15, -0.1) is 0 Å². The van der Waals surface area contributed by atoms with Gasteiger partial charge in [0.25, 0.3) is 5.91 Å². The Morgan fingerprint density at radius 1 is 1.26 bits per heavy atom. The Morgan fingerprint density at radius 3 is 2.44 bits per heavy atom. The van der Waals surface area contributed by atoms with Crippen molar-refractivity contribution in [2.24, 2.45) is 5.41 Å². The summed E-state index contributed by atoms with van der Waals surface area (Å²) < 4.78 is 26.2. The maximum Gasteiger partial charge on any atom is 0.309 e. The minimum Gasteiger partial charge on any atom is -0.481 e. The molecule has 0 spiro atoms. The van der Waals surface area contributed by atoms with Gasteiger partial charge in [0.15, 0.2) is 0 Å². The van der Waals surface area contributed by atoms with Gasteiger partial charge >= 0.3 is 5.97 Å². The van der Waals surface area contributed by atoms with Crippen LogP contribution in [-0.4, -0.2) is 61.8 Å². The number of carbonyl (C=O) groups excluding carboxylic acids is 2. The molecule has 1 fully saturated rings. The Bertz CT molecular complexity index is 833. The first kappa shape index (κ1) is 20.8. The van der Waals surface area contributed by atoms with Crippen LogP contribution in [0.1, 0.15) is 30.6 Å². The van der Waals surface area contributed by atoms with Crippen LogP contribution in [0.15, 0.2) is 29.2 Å². The van der Waals surface area contributed by atoms with Crippen LogP contribution < -0.4 is 10.6 Å². The third-order valence-corrected chi connectivity index (χ3v) is 6.23. The summed E-state index contributed by atoms with van der Waals surface area (Å²) in [5.74, 6) is -1.72. The Labute approximate surface area is 157 Å². The Kier molecular flexibility index (Phi) is 6.22. The summed E-state index contributed by atoms with van der Waals surface area (Å²) in [6, 6.07) is 5.40. The van der Waals surface area contributed by atoms with E-state index in [1.165, 1.54) is 24.3 Å². The molecule has 1 aliphatic heterocycles. The maximum atomic E-state index is 12.5. The van der Waals surface area contributed by atoms with Crippen LogP contribution >= 0.6 is 0 Å². The van der Waals surface area contributed by atoms with E-state index in [0.717, 1.165) is 4.31 Å². The molecule has 2 rings (SSSR count). The summed E-state index contributed by atoms with van der Waals surface area (Å²) in [5.41, 5.74) is -0.690. The molecule has 27 heavy (non-hydrogen) atoms. The molecule has 1 aromatic rings. The van der Waals surface area contributed by atoms with Gasteiger partial charge in [0, 0.05) is 25.2 Å². The fraction of sp³-hybridized carbons (Fsp3) is 0.471. The average molecular weight is 397 g/mol. The molecular formula is C17H23N3O6S. The zero-order valence-electron chi connectivity index (χ0n) is 15.2. The van der Waals surface area contributed by atoms with Gasteiger partial charge in [0.2, 0.25) is 15.9 Å². The molecule has 0 radical (unpaired) electrons. The number of rotatable bonds is 7. The SMILES string of the molecule is CC(C)(CCNC(=O)c1ccc(S(=O)(=O)N2CCNC(=O)C2)cc1)C(=O)O. The largest absolute Gasteiger partial charge is 0.481 e. The zero-order valence-corrected chi connectivity index (χ0v) is 16.0. The summed E-state index contributed by atoms with van der Waals surface area (Å²) in [5, 5.41) is 14.2. The van der Waals surface area contributed by atoms with Crippen molar-refractivity contribution in [2.45, 2.75) is 25.2 Å². The summed E-state index contributed by atoms with van der Waals surface area (Å²) in [4.78, 5) is 34.6. The first-order valence-electron chi connectivity index (χ1n) is 8.42. The van der Waals surface area contributed by atoms with E-state index in [9.17, 15) is 22.8 Å². The smallest absolute Gasteiger partial charge is 0.309 e. The second-order valence-corrected chi connectivity index (χ2v) is 8.85. The molecule has 1 saturated heterocycles. The molecular weight excluding hydrogens is 374 g/mol. The third kappa shape index (κ3) is 5.04. The number of sulfonamides is 1. The first-order chi connectivity index (χ1) is 12.5. The van der Waals surface area contributed by atoms with Gasteiger partial charge in [-0.1, -0.05) is 0 Å². The van der Waals surface area contributed by atoms with E-state index in [4.69, 9.17) is 5.11 Å². The number of nitrogens with zero attached hydrogens (tertiary/aromatic N) is 1. The molecule has 0 unspecified atom stereocenters. The van der Waals surface area contributed by atoms with Crippen LogP contribution in [0.2, 0.25) is 0 Å². The lowest BCUT2D eigenvalue weighted by molar-refractivity contribution is -0.147. The molecule has 9 nitrogen and oxygen atoms in total. The van der Waals surface area contributed by atoms with Crippen LogP contribution in [-0.2, 0) is 19.6 Å². The molecule has 10 heteroatoms. The van der Waals surface area contributed by atoms with Crippen molar-refractivity contribution in [1.82, 2.24) is 14.9 Å². The second kappa shape index (κ2) is 8.05. The molecule has 0 atom stereocenters. The van der Waals surface area contributed by atoms with Crippen molar-refractivity contribution in [3.05, 3.63) is 29.8 Å². The molecule has 0 aromatic heterocycles. The Balaban J connectivity index is 2.01. The monoisotopic (exact) mass is 397 g/mol. The highest BCUT2D eigenvalue weighted by atomic mass is 32.2. The second-order valence-electron chi connectivity index (χ2n) is 6.91. The highest BCUT2D eigenvalue weighted by molar-refractivity contribution is 7.89. The van der Waals surface area contributed by atoms with Gasteiger partial charge in [-0.25, -0.2) is 8.42 Å². The lowest BCUT2D eigenvalue weighted by atomic mass is 9.90. The van der Waals surface area contributed by atoms with Crippen molar-refractivity contribution in [1.29, 1.82) is 0 Å². The molecule has 1 heterocycles. The highest BCUT2D eigenvalue weighted by Crippen LogP contribution is 2.20. The third-order valence-electron chi connectivity index (χ3n) is 4.37. The van der Waals surface area contributed by atoms with Crippen molar-refractivity contribution in [3.8, 4) is 0 Å². The fourth-order valence-electron chi connectivity index (χ4n) is 2.45. The number of carboxylic acids is 1. The molecule has 1 aromatic carbocycles. The number of benzene rings is 1. The number of carbonyl (C=O) groups is 3. The van der Waals surface area contributed by atoms with Gasteiger partial charge in [0.1, 0.15) is 0 Å². The number of carboxylic acid groups (broad SMARTS) is 1. The van der Waals surface area contributed by atoms with Gasteiger partial charge in [-0.2, -0.15) is 4.31 Å². The Hall–Kier alpha value is -2.46. The molecule has 0 saturated carbocycles. The van der Waals surface area contributed by atoms with Crippen LogP contribution in [0.5, 0.6) is 0 Å². The lowest BCUT2D eigenvalue weighted by Gasteiger charge is -2.25. The van der Waals surface area contributed by atoms with E-state index >= 15 is 0 Å². The quantitative estimate of drug-likeness (QED) is 0.595. The summed E-state index contributed by atoms with van der Waals surface area (Å²) >= 11 is 0. The molecule has 0 bridgehead atoms. The molecule has 2 amide bonds. The van der Waals surface area contributed by atoms with Crippen LogP contribution in [0.25, 0.3) is 0 Å². The van der Waals surface area contributed by atoms with E-state index in [0.29, 0.717) is 0 Å². The number of hydrogen-bond donors (Lipinski definition) is 3. The van der Waals surface area contributed by atoms with E-state index in [2.05, 4.69) is 10.6 Å². The van der Waals surface area contributed by atoms with E-state index in [-0.39, 0.29) is 49.0 Å². The number of aliphatic carboxylic acids is 1. The topological polar surface area (TPSA) is 133 Å². The number of hydrogen-bond acceptors (Lipinski definition) is 5. The minimum atomic E-state index is -3.81. The maximum absolute atomic E-state index is 12.5. The van der Waals surface area contributed by atoms with Gasteiger partial charge < -0.3 is 15.7 Å². The van der Waals surface area contributed by atoms with Crippen LogP contribution in [0, 0.1) is 5.41 Å². The standard InChI is InChI=1S/C17H23N3O6S/c1-17(2,16(23)24)7-8-19-15(22)12-3-5-13(6-4-12)27(25,26)20-10-9-18-14(21)11-20/h3-6H,7-11H2,1-2H3,(H,18,21)(H,19,22)(H,23,24). The van der Waals surface area contributed by atoms with Crippen LogP contribution in [0.4, 0.5) is 0 Å². The van der Waals surface area contributed by atoms with Crippen molar-refractivity contribution in [3.63, 3.8) is 0 Å². The summed E-state index contributed by atoms with van der Waals surface area (Å²) in [6.07, 6.45) is 0.261. The van der Waals surface area contributed by atoms with Crippen molar-refractivity contribution >= 4 is 27.8 Å². The molecule has 1 aliphatic rings. The van der Waals surface area contributed by atoms with Crippen LogP contribution in [0.3, 0.4) is 0 Å².